The van der Waals surface area contributed by atoms with Crippen molar-refractivity contribution in [3.8, 4) is 6.07 Å². The number of benzene rings is 2. The first-order chi connectivity index (χ1) is 18.5. The maximum absolute atomic E-state index is 13.1. The summed E-state index contributed by atoms with van der Waals surface area (Å²) in [5.74, 6) is -1.54. The number of nitrogens with zero attached hydrogens (tertiary/aromatic N) is 3. The quantitative estimate of drug-likeness (QED) is 0.496. The van der Waals surface area contributed by atoms with Crippen molar-refractivity contribution in [2.75, 3.05) is 20.1 Å². The molecule has 206 valence electrons. The van der Waals surface area contributed by atoms with Crippen LogP contribution in [0.5, 0.6) is 0 Å². The van der Waals surface area contributed by atoms with Gasteiger partial charge in [-0.05, 0) is 47.7 Å². The van der Waals surface area contributed by atoms with Crippen molar-refractivity contribution in [3.63, 3.8) is 0 Å². The number of likely N-dealkylation sites (tertiary alicyclic amines) is 1. The van der Waals surface area contributed by atoms with Crippen molar-refractivity contribution in [2.24, 2.45) is 5.92 Å². The third-order valence-corrected chi connectivity index (χ3v) is 7.59. The summed E-state index contributed by atoms with van der Waals surface area (Å²) < 4.78 is 38.6. The van der Waals surface area contributed by atoms with Gasteiger partial charge < -0.3 is 20.1 Å². The monoisotopic (exact) mass is 542 g/mol. The lowest BCUT2D eigenvalue weighted by Gasteiger charge is -2.42. The second-order valence-electron chi connectivity index (χ2n) is 9.96. The van der Waals surface area contributed by atoms with E-state index in [2.05, 4.69) is 11.4 Å². The number of hydrogen-bond donors (Lipinski definition) is 2. The Morgan fingerprint density at radius 2 is 2.00 bits per heavy atom. The van der Waals surface area contributed by atoms with Crippen LogP contribution < -0.4 is 5.32 Å². The maximum atomic E-state index is 13.1. The van der Waals surface area contributed by atoms with Crippen LogP contribution in [-0.4, -0.2) is 59.2 Å². The van der Waals surface area contributed by atoms with Gasteiger partial charge in [-0.2, -0.15) is 18.4 Å². The number of nitrogens with one attached hydrogen (secondary N) is 1. The van der Waals surface area contributed by atoms with Gasteiger partial charge in [0.25, 0.3) is 5.91 Å². The maximum Gasteiger partial charge on any atom is 0.416 e. The van der Waals surface area contributed by atoms with Crippen molar-refractivity contribution < 1.29 is 32.7 Å². The summed E-state index contributed by atoms with van der Waals surface area (Å²) in [5, 5.41) is 24.1. The lowest BCUT2D eigenvalue weighted by atomic mass is 9.76. The van der Waals surface area contributed by atoms with Crippen LogP contribution in [0.2, 0.25) is 0 Å². The molecule has 0 radical (unpaired) electrons. The Labute approximate surface area is 224 Å². The highest BCUT2D eigenvalue weighted by molar-refractivity contribution is 6.01. The van der Waals surface area contributed by atoms with Crippen LogP contribution in [0.15, 0.2) is 42.5 Å². The zero-order chi connectivity index (χ0) is 28.4. The van der Waals surface area contributed by atoms with E-state index in [9.17, 15) is 37.9 Å². The molecule has 0 saturated carbocycles. The Balaban J connectivity index is 1.50. The molecule has 1 saturated heterocycles. The fourth-order valence-electron chi connectivity index (χ4n) is 5.38. The van der Waals surface area contributed by atoms with Crippen LogP contribution >= 0.6 is 0 Å². The summed E-state index contributed by atoms with van der Waals surface area (Å²) in [4.78, 5) is 39.7. The number of carbonyl (C=O) groups is 3. The molecule has 11 heteroatoms. The topological polar surface area (TPSA) is 114 Å². The second kappa shape index (κ2) is 11.2. The molecule has 2 aliphatic rings. The van der Waals surface area contributed by atoms with Crippen molar-refractivity contribution in [3.05, 3.63) is 70.3 Å². The largest absolute Gasteiger partial charge is 0.416 e. The Bertz CT molecular complexity index is 1290. The van der Waals surface area contributed by atoms with Crippen LogP contribution in [0.3, 0.4) is 0 Å². The third kappa shape index (κ3) is 5.67. The highest BCUT2D eigenvalue weighted by atomic mass is 19.4. The van der Waals surface area contributed by atoms with Gasteiger partial charge in [0.15, 0.2) is 0 Å². The van der Waals surface area contributed by atoms with E-state index in [-0.39, 0.29) is 44.2 Å². The molecule has 2 amide bonds. The van der Waals surface area contributed by atoms with E-state index >= 15 is 0 Å². The third-order valence-electron chi connectivity index (χ3n) is 7.59. The number of nitriles is 1. The van der Waals surface area contributed by atoms with E-state index in [0.29, 0.717) is 41.6 Å². The first kappa shape index (κ1) is 28.3. The van der Waals surface area contributed by atoms with Crippen molar-refractivity contribution in [1.82, 2.24) is 15.1 Å². The zero-order valence-corrected chi connectivity index (χ0v) is 21.4. The first-order valence-corrected chi connectivity index (χ1v) is 12.6. The predicted octanol–water partition coefficient (Wildman–Crippen LogP) is 2.99. The molecule has 2 N–H and O–H groups in total. The molecule has 0 aromatic heterocycles. The molecular formula is C28H29F3N4O4. The lowest BCUT2D eigenvalue weighted by molar-refractivity contribution is -0.137. The number of likely N-dealkylation sites (N-methyl/N-ethyl adjacent to an activating group) is 1. The van der Waals surface area contributed by atoms with E-state index in [1.807, 2.05) is 4.90 Å². The normalized spacial score (nSPS) is 22.2. The number of rotatable bonds is 8. The SMILES string of the molecule is CNC(=O)C(CCC=O)N1Cc2cc(C3(O)CCN(Cc4ccc(C(F)(F)F)cc4)CC3C#N)ccc2C1=O. The summed E-state index contributed by atoms with van der Waals surface area (Å²) in [5.41, 5.74) is -0.0460. The molecule has 39 heavy (non-hydrogen) atoms. The minimum absolute atomic E-state index is 0.121. The highest BCUT2D eigenvalue weighted by Gasteiger charge is 2.44. The molecule has 3 unspecified atom stereocenters. The van der Waals surface area contributed by atoms with Gasteiger partial charge in [0, 0.05) is 45.2 Å². The fourth-order valence-corrected chi connectivity index (χ4v) is 5.38. The zero-order valence-electron chi connectivity index (χ0n) is 21.4. The van der Waals surface area contributed by atoms with Gasteiger partial charge in [-0.25, -0.2) is 0 Å². The minimum Gasteiger partial charge on any atom is -0.384 e. The summed E-state index contributed by atoms with van der Waals surface area (Å²) in [7, 11) is 1.46. The first-order valence-electron chi connectivity index (χ1n) is 12.6. The Kier molecular flexibility index (Phi) is 8.09. The molecule has 0 bridgehead atoms. The average Bonchev–Trinajstić information content (AvgIpc) is 3.25. The van der Waals surface area contributed by atoms with E-state index in [1.165, 1.54) is 24.1 Å². The van der Waals surface area contributed by atoms with Gasteiger partial charge in [0.2, 0.25) is 5.91 Å². The summed E-state index contributed by atoms with van der Waals surface area (Å²) in [6.45, 7) is 1.08. The van der Waals surface area contributed by atoms with E-state index in [1.54, 1.807) is 18.2 Å². The van der Waals surface area contributed by atoms with Crippen LogP contribution in [-0.2, 0) is 34.5 Å². The van der Waals surface area contributed by atoms with Gasteiger partial charge in [-0.3, -0.25) is 14.5 Å². The van der Waals surface area contributed by atoms with Crippen molar-refractivity contribution in [1.29, 1.82) is 5.26 Å². The second-order valence-corrected chi connectivity index (χ2v) is 9.96. The summed E-state index contributed by atoms with van der Waals surface area (Å²) in [6, 6.07) is 11.2. The molecule has 2 aliphatic heterocycles. The number of halogens is 3. The van der Waals surface area contributed by atoms with E-state index < -0.39 is 29.3 Å². The van der Waals surface area contributed by atoms with Gasteiger partial charge in [-0.15, -0.1) is 0 Å². The van der Waals surface area contributed by atoms with Gasteiger partial charge in [0.1, 0.15) is 17.9 Å². The summed E-state index contributed by atoms with van der Waals surface area (Å²) >= 11 is 0. The minimum atomic E-state index is -4.41. The molecule has 3 atom stereocenters. The molecule has 2 aromatic rings. The van der Waals surface area contributed by atoms with Crippen LogP contribution in [0.4, 0.5) is 13.2 Å². The van der Waals surface area contributed by atoms with Gasteiger partial charge in [0.05, 0.1) is 17.6 Å². The number of amides is 2. The Hall–Kier alpha value is -3.75. The van der Waals surface area contributed by atoms with E-state index in [4.69, 9.17) is 0 Å². The molecule has 2 heterocycles. The lowest BCUT2D eigenvalue weighted by Crippen LogP contribution is -2.49. The van der Waals surface area contributed by atoms with Gasteiger partial charge >= 0.3 is 6.18 Å². The Morgan fingerprint density at radius 3 is 2.62 bits per heavy atom. The number of aldehydes is 1. The smallest absolute Gasteiger partial charge is 0.384 e. The average molecular weight is 543 g/mol. The van der Waals surface area contributed by atoms with Crippen LogP contribution in [0, 0.1) is 17.2 Å². The predicted molar refractivity (Wildman–Crippen MR) is 134 cm³/mol. The standard InChI is InChI=1S/C28H29F3N4O4/c1-33-25(37)24(3-2-12-36)35-16-19-13-21(8-9-23(19)26(35)38)27(39)10-11-34(17-22(27)14-32)15-18-4-6-20(7-5-18)28(29,30)31/h4-9,12-13,22,24,39H,2-3,10-11,15-17H2,1H3,(H,33,37). The molecule has 8 nitrogen and oxygen atoms in total. The number of alkyl halides is 3. The number of carbonyl (C=O) groups excluding carboxylic acids is 3. The molecule has 0 spiro atoms. The molecular weight excluding hydrogens is 513 g/mol. The van der Waals surface area contributed by atoms with Crippen molar-refractivity contribution >= 4 is 18.1 Å². The molecule has 4 rings (SSSR count). The molecule has 2 aromatic carbocycles. The number of hydrogen-bond acceptors (Lipinski definition) is 6. The van der Waals surface area contributed by atoms with E-state index in [0.717, 1.165) is 12.1 Å². The highest BCUT2D eigenvalue weighted by Crippen LogP contribution is 2.40. The van der Waals surface area contributed by atoms with Gasteiger partial charge in [-0.1, -0.05) is 24.3 Å². The summed E-state index contributed by atoms with van der Waals surface area (Å²) in [6.07, 6.45) is -3.20. The number of piperidine rings is 1. The van der Waals surface area contributed by atoms with Crippen LogP contribution in [0.1, 0.15) is 51.9 Å². The van der Waals surface area contributed by atoms with Crippen LogP contribution in [0.25, 0.3) is 0 Å². The number of fused-ring (bicyclic) bond motifs is 1. The fraction of sp³-hybridized carbons (Fsp3) is 0.429. The van der Waals surface area contributed by atoms with Crippen molar-refractivity contribution in [2.45, 2.75) is 50.2 Å². The molecule has 0 aliphatic carbocycles. The Morgan fingerprint density at radius 1 is 1.28 bits per heavy atom. The number of aliphatic hydroxyl groups is 1. The molecule has 1 fully saturated rings.